The molecule has 0 aliphatic carbocycles. The molecule has 11 heteroatoms. The monoisotopic (exact) mass is 436 g/mol. The maximum absolute atomic E-state index is 12.8. The van der Waals surface area contributed by atoms with Crippen molar-refractivity contribution in [1.82, 2.24) is 14.8 Å². The van der Waals surface area contributed by atoms with Crippen molar-refractivity contribution in [3.05, 3.63) is 26.9 Å². The first-order chi connectivity index (χ1) is 11.8. The number of thiazole rings is 1. The summed E-state index contributed by atoms with van der Waals surface area (Å²) in [6.45, 7) is 3.34. The highest BCUT2D eigenvalue weighted by atomic mass is 79.9. The van der Waals surface area contributed by atoms with E-state index in [0.717, 1.165) is 11.3 Å². The Kier molecular flexibility index (Phi) is 6.59. The predicted octanol–water partition coefficient (Wildman–Crippen LogP) is 3.09. The third-order valence-electron chi connectivity index (χ3n) is 3.09. The van der Waals surface area contributed by atoms with Gasteiger partial charge in [-0.3, -0.25) is 14.3 Å². The summed E-state index contributed by atoms with van der Waals surface area (Å²) < 4.78 is 31.8. The van der Waals surface area contributed by atoms with Gasteiger partial charge in [-0.15, -0.1) is 11.3 Å². The molecule has 25 heavy (non-hydrogen) atoms. The van der Waals surface area contributed by atoms with E-state index >= 15 is 0 Å². The van der Waals surface area contributed by atoms with Crippen LogP contribution < -0.4 is 5.32 Å². The average molecular weight is 437 g/mol. The topological polar surface area (TPSA) is 86.1 Å². The Labute approximate surface area is 154 Å². The number of rotatable bonds is 7. The molecule has 2 aromatic heterocycles. The largest absolute Gasteiger partial charge is 0.466 e. The number of nitrogens with one attached hydrogen (secondary N) is 1. The quantitative estimate of drug-likeness (QED) is 0.673. The molecule has 0 aliphatic heterocycles. The Morgan fingerprint density at radius 2 is 2.20 bits per heavy atom. The number of hydrogen-bond donors (Lipinski definition) is 1. The number of amides is 1. The third kappa shape index (κ3) is 5.05. The molecule has 2 aromatic rings. The maximum Gasteiger partial charge on any atom is 0.311 e. The first kappa shape index (κ1) is 19.4. The van der Waals surface area contributed by atoms with Gasteiger partial charge in [-0.1, -0.05) is 0 Å². The van der Waals surface area contributed by atoms with Gasteiger partial charge in [0.25, 0.3) is 6.43 Å². The minimum atomic E-state index is -2.73. The number of esters is 1. The summed E-state index contributed by atoms with van der Waals surface area (Å²) in [5.74, 6) is -0.863. The van der Waals surface area contributed by atoms with E-state index in [-0.39, 0.29) is 24.0 Å². The van der Waals surface area contributed by atoms with Crippen molar-refractivity contribution in [2.75, 3.05) is 11.9 Å². The fraction of sp³-hybridized carbons (Fsp3) is 0.429. The zero-order valence-corrected chi connectivity index (χ0v) is 15.8. The van der Waals surface area contributed by atoms with Crippen LogP contribution in [0.25, 0.3) is 0 Å². The van der Waals surface area contributed by atoms with E-state index in [1.165, 1.54) is 4.68 Å². The zero-order chi connectivity index (χ0) is 18.6. The van der Waals surface area contributed by atoms with Crippen LogP contribution >= 0.6 is 27.3 Å². The fourth-order valence-electron chi connectivity index (χ4n) is 1.94. The molecule has 2 rings (SSSR count). The zero-order valence-electron chi connectivity index (χ0n) is 13.4. The van der Waals surface area contributed by atoms with Gasteiger partial charge in [0.2, 0.25) is 5.91 Å². The van der Waals surface area contributed by atoms with Gasteiger partial charge in [0.05, 0.1) is 28.9 Å². The molecular weight excluding hydrogens is 422 g/mol. The van der Waals surface area contributed by atoms with Gasteiger partial charge in [-0.2, -0.15) is 5.10 Å². The molecule has 0 unspecified atom stereocenters. The van der Waals surface area contributed by atoms with Crippen molar-refractivity contribution in [2.45, 2.75) is 33.2 Å². The lowest BCUT2D eigenvalue weighted by molar-refractivity contribution is -0.142. The van der Waals surface area contributed by atoms with E-state index in [4.69, 9.17) is 4.74 Å². The summed E-state index contributed by atoms with van der Waals surface area (Å²) in [4.78, 5) is 27.6. The van der Waals surface area contributed by atoms with Crippen LogP contribution in [0.4, 0.5) is 13.9 Å². The van der Waals surface area contributed by atoms with Crippen LogP contribution in [0.5, 0.6) is 0 Å². The van der Waals surface area contributed by atoms with Crippen LogP contribution in [0.1, 0.15) is 30.4 Å². The Morgan fingerprint density at radius 3 is 2.80 bits per heavy atom. The third-order valence-corrected chi connectivity index (χ3v) is 4.87. The number of hydrogen-bond acceptors (Lipinski definition) is 6. The SMILES string of the molecule is CCOC(=O)Cc1csc(NC(=O)Cn2nc(C(F)F)c(Br)c2C)n1. The minimum Gasteiger partial charge on any atom is -0.466 e. The van der Waals surface area contributed by atoms with Crippen LogP contribution in [0.15, 0.2) is 9.85 Å². The molecule has 7 nitrogen and oxygen atoms in total. The van der Waals surface area contributed by atoms with Gasteiger partial charge in [-0.05, 0) is 29.8 Å². The van der Waals surface area contributed by atoms with Crippen LogP contribution in [-0.2, 0) is 27.3 Å². The van der Waals surface area contributed by atoms with Gasteiger partial charge in [-0.25, -0.2) is 13.8 Å². The van der Waals surface area contributed by atoms with E-state index in [9.17, 15) is 18.4 Å². The van der Waals surface area contributed by atoms with Crippen molar-refractivity contribution < 1.29 is 23.1 Å². The van der Waals surface area contributed by atoms with E-state index < -0.39 is 24.0 Å². The average Bonchev–Trinajstić information content (AvgIpc) is 3.07. The molecular formula is C14H15BrF2N4O3S. The summed E-state index contributed by atoms with van der Waals surface area (Å²) in [7, 11) is 0. The normalized spacial score (nSPS) is 11.0. The Hall–Kier alpha value is -1.88. The molecule has 0 radical (unpaired) electrons. The number of carbonyl (C=O) groups excluding carboxylic acids is 2. The molecule has 0 saturated heterocycles. The second-order valence-electron chi connectivity index (χ2n) is 4.92. The molecule has 0 spiro atoms. The van der Waals surface area contributed by atoms with Gasteiger partial charge in [0.15, 0.2) is 5.13 Å². The van der Waals surface area contributed by atoms with Crippen molar-refractivity contribution in [3.8, 4) is 0 Å². The molecule has 0 bridgehead atoms. The van der Waals surface area contributed by atoms with E-state index in [1.807, 2.05) is 0 Å². The standard InChI is InChI=1S/C14H15BrF2N4O3S/c1-3-24-10(23)4-8-6-25-14(18-8)19-9(22)5-21-7(2)11(15)12(20-21)13(16)17/h6,13H,3-5H2,1-2H3,(H,18,19,22). The number of alkyl halides is 2. The molecule has 1 amide bonds. The van der Waals surface area contributed by atoms with Crippen LogP contribution in [0.2, 0.25) is 0 Å². The number of halogens is 3. The van der Waals surface area contributed by atoms with E-state index in [1.54, 1.807) is 19.2 Å². The summed E-state index contributed by atoms with van der Waals surface area (Å²) in [6.07, 6.45) is -2.72. The van der Waals surface area contributed by atoms with Gasteiger partial charge >= 0.3 is 5.97 Å². The number of nitrogens with zero attached hydrogens (tertiary/aromatic N) is 3. The molecule has 0 saturated carbocycles. The van der Waals surface area contributed by atoms with Gasteiger partial charge in [0, 0.05) is 5.38 Å². The first-order valence-electron chi connectivity index (χ1n) is 7.22. The van der Waals surface area contributed by atoms with E-state index in [2.05, 4.69) is 31.3 Å². The Morgan fingerprint density at radius 1 is 1.48 bits per heavy atom. The molecule has 2 heterocycles. The highest BCUT2D eigenvalue weighted by Gasteiger charge is 2.21. The fourth-order valence-corrected chi connectivity index (χ4v) is 3.12. The second kappa shape index (κ2) is 8.48. The highest BCUT2D eigenvalue weighted by molar-refractivity contribution is 9.10. The van der Waals surface area contributed by atoms with Gasteiger partial charge in [0.1, 0.15) is 12.2 Å². The van der Waals surface area contributed by atoms with Crippen molar-refractivity contribution in [1.29, 1.82) is 0 Å². The Balaban J connectivity index is 1.98. The van der Waals surface area contributed by atoms with Crippen molar-refractivity contribution in [2.24, 2.45) is 0 Å². The second-order valence-corrected chi connectivity index (χ2v) is 6.57. The van der Waals surface area contributed by atoms with Crippen LogP contribution in [-0.4, -0.2) is 33.2 Å². The van der Waals surface area contributed by atoms with Gasteiger partial charge < -0.3 is 10.1 Å². The maximum atomic E-state index is 12.8. The molecule has 0 aromatic carbocycles. The molecule has 1 N–H and O–H groups in total. The lowest BCUT2D eigenvalue weighted by Gasteiger charge is -2.04. The predicted molar refractivity (Wildman–Crippen MR) is 90.7 cm³/mol. The lowest BCUT2D eigenvalue weighted by atomic mass is 10.3. The van der Waals surface area contributed by atoms with Crippen LogP contribution in [0.3, 0.4) is 0 Å². The molecule has 0 fully saturated rings. The van der Waals surface area contributed by atoms with Crippen molar-refractivity contribution >= 4 is 44.3 Å². The number of carbonyl (C=O) groups is 2. The lowest BCUT2D eigenvalue weighted by Crippen LogP contribution is -2.20. The van der Waals surface area contributed by atoms with Crippen molar-refractivity contribution in [3.63, 3.8) is 0 Å². The summed E-state index contributed by atoms with van der Waals surface area (Å²) in [6, 6.07) is 0. The summed E-state index contributed by atoms with van der Waals surface area (Å²) in [5.41, 5.74) is 0.501. The van der Waals surface area contributed by atoms with Crippen LogP contribution in [0, 0.1) is 6.92 Å². The van der Waals surface area contributed by atoms with E-state index in [0.29, 0.717) is 16.5 Å². The summed E-state index contributed by atoms with van der Waals surface area (Å²) in [5, 5.41) is 8.23. The number of ether oxygens (including phenoxy) is 1. The molecule has 0 aliphatic rings. The minimum absolute atomic E-state index is 0.0170. The molecule has 0 atom stereocenters. The number of anilines is 1. The smallest absolute Gasteiger partial charge is 0.311 e. The molecule has 136 valence electrons. The number of aromatic nitrogens is 3. The first-order valence-corrected chi connectivity index (χ1v) is 8.89. The summed E-state index contributed by atoms with van der Waals surface area (Å²) >= 11 is 4.20. The Bertz CT molecular complexity index is 778. The highest BCUT2D eigenvalue weighted by Crippen LogP contribution is 2.29.